The van der Waals surface area contributed by atoms with Gasteiger partial charge in [-0.3, -0.25) is 9.59 Å². The largest absolute Gasteiger partial charge is 0.444 e. The van der Waals surface area contributed by atoms with Crippen LogP contribution in [0.3, 0.4) is 0 Å². The van der Waals surface area contributed by atoms with Crippen molar-refractivity contribution in [1.29, 1.82) is 0 Å². The van der Waals surface area contributed by atoms with Crippen LogP contribution in [0.15, 0.2) is 77.7 Å². The number of amides is 3. The number of carbonyl (C=O) groups excluding carboxylic acids is 3. The summed E-state index contributed by atoms with van der Waals surface area (Å²) >= 11 is 5.87. The van der Waals surface area contributed by atoms with Crippen LogP contribution in [-0.4, -0.2) is 78.0 Å². The zero-order chi connectivity index (χ0) is 38.9. The Bertz CT molecular complexity index is 1990. The van der Waals surface area contributed by atoms with Gasteiger partial charge in [0.1, 0.15) is 11.6 Å². The van der Waals surface area contributed by atoms with E-state index >= 15 is 0 Å². The Morgan fingerprint density at radius 3 is 2.09 bits per heavy atom. The molecule has 14 nitrogen and oxygen atoms in total. The summed E-state index contributed by atoms with van der Waals surface area (Å²) in [6.07, 6.45) is 2.51. The van der Waals surface area contributed by atoms with Crippen molar-refractivity contribution in [3.63, 3.8) is 0 Å². The summed E-state index contributed by atoms with van der Waals surface area (Å²) in [4.78, 5) is 42.4. The molecule has 1 atom stereocenters. The van der Waals surface area contributed by atoms with Crippen LogP contribution in [0.2, 0.25) is 5.28 Å². The topological polar surface area (TPSA) is 204 Å². The molecule has 54 heavy (non-hydrogen) atoms. The predicted molar refractivity (Wildman–Crippen MR) is 205 cm³/mol. The molecular weight excluding hydrogens is 734 g/mol. The molecule has 0 spiro atoms. The summed E-state index contributed by atoms with van der Waals surface area (Å²) in [7, 11) is -3.73. The summed E-state index contributed by atoms with van der Waals surface area (Å²) in [5, 5.41) is 25.6. The average molecular weight is 780 g/mol. The minimum atomic E-state index is -3.73. The van der Waals surface area contributed by atoms with Gasteiger partial charge in [0, 0.05) is 36.7 Å². The Balaban J connectivity index is 1.25. The van der Waals surface area contributed by atoms with Crippen LogP contribution < -0.4 is 20.7 Å². The molecular formula is C38H46ClN7O7S. The molecule has 0 unspecified atom stereocenters. The number of rotatable bonds is 14. The van der Waals surface area contributed by atoms with E-state index in [1.54, 1.807) is 36.4 Å². The van der Waals surface area contributed by atoms with Gasteiger partial charge in [-0.25, -0.2) is 17.9 Å². The van der Waals surface area contributed by atoms with E-state index < -0.39 is 27.8 Å². The quantitative estimate of drug-likeness (QED) is 0.101. The van der Waals surface area contributed by atoms with Crippen molar-refractivity contribution in [2.45, 2.75) is 69.4 Å². The van der Waals surface area contributed by atoms with Crippen LogP contribution >= 0.6 is 11.6 Å². The van der Waals surface area contributed by atoms with Crippen molar-refractivity contribution in [2.75, 3.05) is 25.0 Å². The Labute approximate surface area is 319 Å². The summed E-state index contributed by atoms with van der Waals surface area (Å²) in [5.41, 5.74) is 3.10. The number of sulfonamides is 1. The SMILES string of the molecule is CC(C)(C)OC(=O)NC[C@H]1CC[C@H](C(=O)N[C@@H](Cc2ccc(-c3ccc(S(=O)(=O)NCCO)cc3)cc2)C(=O)Nc2ccc(-c3nnc(Cl)[nH]3)cc2)CC1. The normalized spacial score (nSPS) is 16.6. The molecule has 0 saturated heterocycles. The van der Waals surface area contributed by atoms with Crippen LogP contribution in [0.25, 0.3) is 22.5 Å². The van der Waals surface area contributed by atoms with E-state index in [1.807, 2.05) is 45.0 Å². The number of aliphatic hydroxyl groups excluding tert-OH is 1. The van der Waals surface area contributed by atoms with E-state index in [4.69, 9.17) is 21.4 Å². The highest BCUT2D eigenvalue weighted by Gasteiger charge is 2.30. The number of nitrogens with zero attached hydrogens (tertiary/aromatic N) is 2. The van der Waals surface area contributed by atoms with Crippen LogP contribution in [0.5, 0.6) is 0 Å². The number of hydrogen-bond acceptors (Lipinski definition) is 9. The number of benzene rings is 3. The van der Waals surface area contributed by atoms with Crippen LogP contribution in [0, 0.1) is 11.8 Å². The second-order valence-electron chi connectivity index (χ2n) is 14.2. The number of aromatic amines is 1. The first-order valence-electron chi connectivity index (χ1n) is 17.8. The molecule has 16 heteroatoms. The zero-order valence-electron chi connectivity index (χ0n) is 30.4. The van der Waals surface area contributed by atoms with Crippen LogP contribution in [0.4, 0.5) is 10.5 Å². The van der Waals surface area contributed by atoms with Gasteiger partial charge >= 0.3 is 6.09 Å². The van der Waals surface area contributed by atoms with Crippen molar-refractivity contribution in [2.24, 2.45) is 11.8 Å². The molecule has 1 aliphatic rings. The Hall–Kier alpha value is -4.83. The van der Waals surface area contributed by atoms with Gasteiger partial charge in [0.2, 0.25) is 27.1 Å². The number of hydrogen-bond donors (Lipinski definition) is 6. The van der Waals surface area contributed by atoms with E-state index in [2.05, 4.69) is 35.9 Å². The zero-order valence-corrected chi connectivity index (χ0v) is 32.0. The summed E-state index contributed by atoms with van der Waals surface area (Å²) < 4.78 is 32.5. The Kier molecular flexibility index (Phi) is 13.5. The number of aliphatic hydroxyl groups is 1. The maximum atomic E-state index is 13.8. The molecule has 1 aromatic heterocycles. The monoisotopic (exact) mass is 779 g/mol. The van der Waals surface area contributed by atoms with Crippen LogP contribution in [-0.2, 0) is 30.8 Å². The molecule has 1 fully saturated rings. The third-order valence-electron chi connectivity index (χ3n) is 8.97. The minimum absolute atomic E-state index is 0.0765. The molecule has 4 aromatic rings. The Morgan fingerprint density at radius 2 is 1.52 bits per heavy atom. The van der Waals surface area contributed by atoms with Crippen molar-refractivity contribution < 1.29 is 32.6 Å². The van der Waals surface area contributed by atoms with Crippen LogP contribution in [0.1, 0.15) is 52.0 Å². The highest BCUT2D eigenvalue weighted by atomic mass is 35.5. The number of H-pyrrole nitrogens is 1. The predicted octanol–water partition coefficient (Wildman–Crippen LogP) is 5.06. The molecule has 288 valence electrons. The molecule has 1 heterocycles. The van der Waals surface area contributed by atoms with E-state index in [0.29, 0.717) is 30.9 Å². The lowest BCUT2D eigenvalue weighted by atomic mass is 9.81. The van der Waals surface area contributed by atoms with Crippen molar-refractivity contribution in [3.05, 3.63) is 83.6 Å². The first-order valence-corrected chi connectivity index (χ1v) is 19.6. The molecule has 3 aromatic carbocycles. The lowest BCUT2D eigenvalue weighted by Gasteiger charge is -2.29. The molecule has 0 radical (unpaired) electrons. The first-order chi connectivity index (χ1) is 25.7. The lowest BCUT2D eigenvalue weighted by molar-refractivity contribution is -0.130. The van der Waals surface area contributed by atoms with E-state index in [0.717, 1.165) is 35.1 Å². The molecule has 5 rings (SSSR count). The highest BCUT2D eigenvalue weighted by Crippen LogP contribution is 2.29. The van der Waals surface area contributed by atoms with Gasteiger partial charge in [-0.1, -0.05) is 36.4 Å². The number of aromatic nitrogens is 3. The number of nitrogens with one attached hydrogen (secondary N) is 5. The lowest BCUT2D eigenvalue weighted by Crippen LogP contribution is -2.48. The summed E-state index contributed by atoms with van der Waals surface area (Å²) in [5.74, 6) is -0.160. The fourth-order valence-corrected chi connectivity index (χ4v) is 7.29. The third-order valence-corrected chi connectivity index (χ3v) is 10.6. The number of alkyl carbamates (subject to hydrolysis) is 1. The third kappa shape index (κ3) is 11.6. The van der Waals surface area contributed by atoms with E-state index in [1.165, 1.54) is 12.1 Å². The average Bonchev–Trinajstić information content (AvgIpc) is 3.59. The molecule has 0 bridgehead atoms. The smallest absolute Gasteiger partial charge is 0.407 e. The van der Waals surface area contributed by atoms with Gasteiger partial charge in [0.25, 0.3) is 0 Å². The number of halogens is 1. The minimum Gasteiger partial charge on any atom is -0.444 e. The second-order valence-corrected chi connectivity index (χ2v) is 16.4. The molecule has 3 amide bonds. The summed E-state index contributed by atoms with van der Waals surface area (Å²) in [6.45, 7) is 5.52. The van der Waals surface area contributed by atoms with E-state index in [-0.39, 0.29) is 53.4 Å². The van der Waals surface area contributed by atoms with Gasteiger partial charge in [-0.05, 0) is 117 Å². The van der Waals surface area contributed by atoms with Gasteiger partial charge < -0.3 is 30.8 Å². The number of carbonyl (C=O) groups is 3. The maximum Gasteiger partial charge on any atom is 0.407 e. The fraction of sp³-hybridized carbons (Fsp3) is 0.395. The number of ether oxygens (including phenoxy) is 1. The second kappa shape index (κ2) is 18.0. The molecule has 6 N–H and O–H groups in total. The van der Waals surface area contributed by atoms with Crippen molar-refractivity contribution in [1.82, 2.24) is 30.5 Å². The molecule has 1 saturated carbocycles. The molecule has 1 aliphatic carbocycles. The molecule has 0 aliphatic heterocycles. The van der Waals surface area contributed by atoms with Gasteiger partial charge in [0.05, 0.1) is 11.5 Å². The van der Waals surface area contributed by atoms with Gasteiger partial charge in [0.15, 0.2) is 5.82 Å². The van der Waals surface area contributed by atoms with E-state index in [9.17, 15) is 22.8 Å². The van der Waals surface area contributed by atoms with Gasteiger partial charge in [-0.2, -0.15) is 0 Å². The highest BCUT2D eigenvalue weighted by molar-refractivity contribution is 7.89. The Morgan fingerprint density at radius 1 is 0.907 bits per heavy atom. The maximum absolute atomic E-state index is 13.8. The number of anilines is 1. The van der Waals surface area contributed by atoms with Crippen molar-refractivity contribution in [3.8, 4) is 22.5 Å². The standard InChI is InChI=1S/C38H46ClN7O7S/c1-38(2,3)53-37(50)40-23-25-6-10-29(11-7-25)34(48)43-32(35(49)42-30-16-12-28(13-17-30)33-44-36(39)46-45-33)22-24-4-8-26(9-5-24)27-14-18-31(19-15-27)54(51,52)41-20-21-47/h4-5,8-9,12-19,25,29,32,41,47H,6-7,10-11,20-23H2,1-3H3,(H,40,50)(H,42,49)(H,43,48)(H,44,45,46)/t25-,29-,32-/m0/s1. The first kappa shape index (κ1) is 40.4. The summed E-state index contributed by atoms with van der Waals surface area (Å²) in [6, 6.07) is 20.0. The fourth-order valence-electron chi connectivity index (χ4n) is 6.14. The van der Waals surface area contributed by atoms with Gasteiger partial charge in [-0.15, -0.1) is 10.2 Å². The van der Waals surface area contributed by atoms with Crippen molar-refractivity contribution >= 4 is 45.2 Å².